The lowest BCUT2D eigenvalue weighted by Gasteiger charge is -2.15. The molecule has 17 heavy (non-hydrogen) atoms. The third-order valence-electron chi connectivity index (χ3n) is 2.28. The van der Waals surface area contributed by atoms with Crippen molar-refractivity contribution in [3.05, 3.63) is 21.0 Å². The summed E-state index contributed by atoms with van der Waals surface area (Å²) < 4.78 is 1.97. The maximum Gasteiger partial charge on any atom is 0.283 e. The van der Waals surface area contributed by atoms with Gasteiger partial charge in [-0.2, -0.15) is 5.10 Å². The van der Waals surface area contributed by atoms with E-state index in [0.717, 1.165) is 0 Å². The zero-order chi connectivity index (χ0) is 13.0. The fraction of sp³-hybridized carbons (Fsp3) is 0.636. The molecular formula is C11H19BrN4O. The molecule has 0 saturated heterocycles. The smallest absolute Gasteiger partial charge is 0.283 e. The Kier molecular flexibility index (Phi) is 5.14. The molecule has 1 aromatic heterocycles. The van der Waals surface area contributed by atoms with Crippen molar-refractivity contribution in [2.45, 2.75) is 33.4 Å². The molecule has 1 unspecified atom stereocenters. The van der Waals surface area contributed by atoms with E-state index < -0.39 is 0 Å². The quantitative estimate of drug-likeness (QED) is 0.863. The zero-order valence-corrected chi connectivity index (χ0v) is 12.0. The predicted octanol–water partition coefficient (Wildman–Crippen LogP) is 1.42. The molecule has 1 heterocycles. The van der Waals surface area contributed by atoms with Crippen molar-refractivity contribution in [1.29, 1.82) is 0 Å². The highest BCUT2D eigenvalue weighted by Crippen LogP contribution is 2.17. The first-order chi connectivity index (χ1) is 7.95. The Morgan fingerprint density at radius 2 is 2.18 bits per heavy atom. The van der Waals surface area contributed by atoms with Crippen LogP contribution in [-0.2, 0) is 6.54 Å². The van der Waals surface area contributed by atoms with Crippen LogP contribution in [0.1, 0.15) is 20.8 Å². The predicted molar refractivity (Wildman–Crippen MR) is 73.2 cm³/mol. The Hall–Kier alpha value is -0.880. The van der Waals surface area contributed by atoms with Crippen LogP contribution in [0.15, 0.2) is 15.5 Å². The second-order valence-corrected chi connectivity index (χ2v) is 5.33. The van der Waals surface area contributed by atoms with Gasteiger partial charge in [0, 0.05) is 19.1 Å². The SMILES string of the molecule is CC(C)Cn1ncc(NC(C)CN)c(Br)c1=O. The molecule has 0 aliphatic carbocycles. The van der Waals surface area contributed by atoms with Crippen LogP contribution < -0.4 is 16.6 Å². The number of anilines is 1. The van der Waals surface area contributed by atoms with Crippen molar-refractivity contribution in [1.82, 2.24) is 9.78 Å². The first kappa shape index (κ1) is 14.2. The lowest BCUT2D eigenvalue weighted by atomic mass is 10.2. The molecule has 1 aromatic rings. The van der Waals surface area contributed by atoms with Gasteiger partial charge in [-0.3, -0.25) is 4.79 Å². The minimum absolute atomic E-state index is 0.105. The van der Waals surface area contributed by atoms with Crippen LogP contribution in [-0.4, -0.2) is 22.4 Å². The lowest BCUT2D eigenvalue weighted by Crippen LogP contribution is -2.30. The van der Waals surface area contributed by atoms with Crippen LogP contribution in [0, 0.1) is 5.92 Å². The van der Waals surface area contributed by atoms with Gasteiger partial charge in [-0.25, -0.2) is 4.68 Å². The molecule has 0 bridgehead atoms. The molecule has 1 rings (SSSR count). The number of hydrogen-bond donors (Lipinski definition) is 2. The van der Waals surface area contributed by atoms with Gasteiger partial charge in [-0.1, -0.05) is 13.8 Å². The van der Waals surface area contributed by atoms with Gasteiger partial charge >= 0.3 is 0 Å². The van der Waals surface area contributed by atoms with Crippen LogP contribution in [0.4, 0.5) is 5.69 Å². The van der Waals surface area contributed by atoms with E-state index in [1.165, 1.54) is 4.68 Å². The van der Waals surface area contributed by atoms with Crippen LogP contribution in [0.5, 0.6) is 0 Å². The standard InChI is InChI=1S/C11H19BrN4O/c1-7(2)6-16-11(17)10(12)9(5-14-16)15-8(3)4-13/h5,7-8,15H,4,6,13H2,1-3H3. The molecule has 96 valence electrons. The first-order valence-electron chi connectivity index (χ1n) is 5.68. The molecule has 1 atom stereocenters. The van der Waals surface area contributed by atoms with E-state index >= 15 is 0 Å². The van der Waals surface area contributed by atoms with Crippen molar-refractivity contribution >= 4 is 21.6 Å². The van der Waals surface area contributed by atoms with Crippen LogP contribution >= 0.6 is 15.9 Å². The van der Waals surface area contributed by atoms with Gasteiger partial charge in [0.25, 0.3) is 5.56 Å². The molecule has 0 spiro atoms. The summed E-state index contributed by atoms with van der Waals surface area (Å²) in [5.74, 6) is 0.383. The summed E-state index contributed by atoms with van der Waals surface area (Å²) in [4.78, 5) is 12.0. The van der Waals surface area contributed by atoms with Crippen molar-refractivity contribution in [2.75, 3.05) is 11.9 Å². The molecule has 0 aliphatic heterocycles. The average molecular weight is 303 g/mol. The Morgan fingerprint density at radius 3 is 2.71 bits per heavy atom. The van der Waals surface area contributed by atoms with Gasteiger partial charge in [0.1, 0.15) is 4.47 Å². The molecule has 0 saturated carbocycles. The van der Waals surface area contributed by atoms with E-state index in [4.69, 9.17) is 5.73 Å². The maximum absolute atomic E-state index is 12.0. The number of halogens is 1. The molecule has 3 N–H and O–H groups in total. The number of aromatic nitrogens is 2. The van der Waals surface area contributed by atoms with Crippen molar-refractivity contribution < 1.29 is 0 Å². The van der Waals surface area contributed by atoms with E-state index in [-0.39, 0.29) is 11.6 Å². The number of nitrogens with one attached hydrogen (secondary N) is 1. The van der Waals surface area contributed by atoms with Crippen LogP contribution in [0.2, 0.25) is 0 Å². The molecule has 0 radical (unpaired) electrons. The molecule has 0 fully saturated rings. The van der Waals surface area contributed by atoms with Crippen molar-refractivity contribution in [2.24, 2.45) is 11.7 Å². The number of nitrogens with zero attached hydrogens (tertiary/aromatic N) is 2. The minimum Gasteiger partial charge on any atom is -0.379 e. The summed E-state index contributed by atoms with van der Waals surface area (Å²) in [6.07, 6.45) is 1.65. The third-order valence-corrected chi connectivity index (χ3v) is 3.04. The van der Waals surface area contributed by atoms with Crippen molar-refractivity contribution in [3.63, 3.8) is 0 Å². The molecule has 0 amide bonds. The summed E-state index contributed by atoms with van der Waals surface area (Å²) in [5, 5.41) is 7.27. The van der Waals surface area contributed by atoms with Gasteiger partial charge in [-0.05, 0) is 28.8 Å². The van der Waals surface area contributed by atoms with Crippen LogP contribution in [0.25, 0.3) is 0 Å². The maximum atomic E-state index is 12.0. The molecule has 0 aromatic carbocycles. The summed E-state index contributed by atoms with van der Waals surface area (Å²) in [6.45, 7) is 7.16. The van der Waals surface area contributed by atoms with Crippen LogP contribution in [0.3, 0.4) is 0 Å². The number of nitrogens with two attached hydrogens (primary N) is 1. The van der Waals surface area contributed by atoms with E-state index in [1.807, 2.05) is 20.8 Å². The Labute approximate surface area is 110 Å². The third kappa shape index (κ3) is 3.81. The van der Waals surface area contributed by atoms with Gasteiger partial charge < -0.3 is 11.1 Å². The van der Waals surface area contributed by atoms with E-state index in [0.29, 0.717) is 29.2 Å². The molecule has 6 heteroatoms. The first-order valence-corrected chi connectivity index (χ1v) is 6.47. The second-order valence-electron chi connectivity index (χ2n) is 4.53. The van der Waals surface area contributed by atoms with Crippen molar-refractivity contribution in [3.8, 4) is 0 Å². The van der Waals surface area contributed by atoms with E-state index in [9.17, 15) is 4.79 Å². The second kappa shape index (κ2) is 6.16. The summed E-state index contributed by atoms with van der Waals surface area (Å²) >= 11 is 3.30. The van der Waals surface area contributed by atoms with Gasteiger partial charge in [0.2, 0.25) is 0 Å². The average Bonchev–Trinajstić information content (AvgIpc) is 2.28. The fourth-order valence-corrected chi connectivity index (χ4v) is 1.79. The number of hydrogen-bond acceptors (Lipinski definition) is 4. The molecule has 0 aliphatic rings. The largest absolute Gasteiger partial charge is 0.379 e. The lowest BCUT2D eigenvalue weighted by molar-refractivity contribution is 0.462. The molecular weight excluding hydrogens is 284 g/mol. The minimum atomic E-state index is -0.118. The Morgan fingerprint density at radius 1 is 1.53 bits per heavy atom. The number of rotatable bonds is 5. The summed E-state index contributed by atoms with van der Waals surface area (Å²) in [6, 6.07) is 0.105. The normalized spacial score (nSPS) is 12.8. The van der Waals surface area contributed by atoms with E-state index in [2.05, 4.69) is 26.3 Å². The highest BCUT2D eigenvalue weighted by Gasteiger charge is 2.11. The molecule has 5 nitrogen and oxygen atoms in total. The fourth-order valence-electron chi connectivity index (χ4n) is 1.37. The van der Waals surface area contributed by atoms with Gasteiger partial charge in [0.05, 0.1) is 11.9 Å². The zero-order valence-electron chi connectivity index (χ0n) is 10.4. The van der Waals surface area contributed by atoms with Gasteiger partial charge in [0.15, 0.2) is 0 Å². The monoisotopic (exact) mass is 302 g/mol. The highest BCUT2D eigenvalue weighted by atomic mass is 79.9. The highest BCUT2D eigenvalue weighted by molar-refractivity contribution is 9.10. The summed E-state index contributed by atoms with van der Waals surface area (Å²) in [5.41, 5.74) is 6.09. The van der Waals surface area contributed by atoms with Gasteiger partial charge in [-0.15, -0.1) is 0 Å². The topological polar surface area (TPSA) is 72.9 Å². The Bertz CT molecular complexity index is 430. The van der Waals surface area contributed by atoms with E-state index in [1.54, 1.807) is 6.20 Å². The Balaban J connectivity index is 2.98. The summed E-state index contributed by atoms with van der Waals surface area (Å²) in [7, 11) is 0.